The smallest absolute Gasteiger partial charge is 0.0434 e. The van der Waals surface area contributed by atoms with Crippen LogP contribution in [0.2, 0.25) is 0 Å². The van der Waals surface area contributed by atoms with E-state index in [1.807, 2.05) is 0 Å². The van der Waals surface area contributed by atoms with Gasteiger partial charge in [-0.2, -0.15) is 0 Å². The van der Waals surface area contributed by atoms with Gasteiger partial charge in [-0.15, -0.1) is 0 Å². The van der Waals surface area contributed by atoms with E-state index in [1.165, 1.54) is 64.6 Å². The summed E-state index contributed by atoms with van der Waals surface area (Å²) in [6.45, 7) is 6.54. The second-order valence-corrected chi connectivity index (χ2v) is 6.40. The number of aliphatic hydroxyl groups is 1. The summed E-state index contributed by atoms with van der Waals surface area (Å²) in [7, 11) is 0. The number of hydrogen-bond acceptors (Lipinski definition) is 2. The van der Waals surface area contributed by atoms with Gasteiger partial charge in [0.15, 0.2) is 0 Å². The third-order valence-electron chi connectivity index (χ3n) is 4.78. The number of hydrogen-bond donors (Lipinski definition) is 1. The van der Waals surface area contributed by atoms with Gasteiger partial charge in [-0.1, -0.05) is 32.6 Å². The molecule has 2 rings (SSSR count). The molecule has 17 heavy (non-hydrogen) atoms. The molecule has 1 saturated heterocycles. The molecule has 0 bridgehead atoms. The summed E-state index contributed by atoms with van der Waals surface area (Å²) in [5.74, 6) is 0.728. The summed E-state index contributed by atoms with van der Waals surface area (Å²) in [4.78, 5) is 2.64. The van der Waals surface area contributed by atoms with Crippen molar-refractivity contribution in [3.8, 4) is 0 Å². The van der Waals surface area contributed by atoms with Gasteiger partial charge in [-0.3, -0.25) is 0 Å². The molecule has 1 unspecified atom stereocenters. The molecular weight excluding hydrogens is 210 g/mol. The van der Waals surface area contributed by atoms with E-state index in [-0.39, 0.29) is 0 Å². The summed E-state index contributed by atoms with van der Waals surface area (Å²) < 4.78 is 0. The van der Waals surface area contributed by atoms with Gasteiger partial charge in [0, 0.05) is 26.2 Å². The van der Waals surface area contributed by atoms with Crippen molar-refractivity contribution in [1.29, 1.82) is 0 Å². The van der Waals surface area contributed by atoms with Crippen LogP contribution in [0.3, 0.4) is 0 Å². The lowest BCUT2D eigenvalue weighted by molar-refractivity contribution is -0.0384. The molecule has 2 heteroatoms. The molecule has 0 aromatic heterocycles. The van der Waals surface area contributed by atoms with Gasteiger partial charge in [-0.05, 0) is 37.0 Å². The van der Waals surface area contributed by atoms with Gasteiger partial charge >= 0.3 is 0 Å². The molecule has 0 aromatic carbocycles. The Morgan fingerprint density at radius 2 is 1.82 bits per heavy atom. The van der Waals surface area contributed by atoms with Crippen LogP contribution >= 0.6 is 0 Å². The Morgan fingerprint density at radius 1 is 1.12 bits per heavy atom. The number of nitrogens with zero attached hydrogens (tertiary/aromatic N) is 1. The largest absolute Gasteiger partial charge is 0.396 e. The molecule has 0 aromatic rings. The monoisotopic (exact) mass is 239 g/mol. The Labute approximate surface area is 106 Å². The fourth-order valence-electron chi connectivity index (χ4n) is 3.93. The Kier molecular flexibility index (Phi) is 4.87. The van der Waals surface area contributed by atoms with Crippen LogP contribution in [0.15, 0.2) is 0 Å². The van der Waals surface area contributed by atoms with Gasteiger partial charge < -0.3 is 10.0 Å². The average molecular weight is 239 g/mol. The van der Waals surface area contributed by atoms with Crippen molar-refractivity contribution in [1.82, 2.24) is 4.90 Å². The van der Waals surface area contributed by atoms with Crippen molar-refractivity contribution in [3.63, 3.8) is 0 Å². The fourth-order valence-corrected chi connectivity index (χ4v) is 3.93. The van der Waals surface area contributed by atoms with Gasteiger partial charge in [0.1, 0.15) is 0 Å². The van der Waals surface area contributed by atoms with Crippen LogP contribution in [0, 0.1) is 11.3 Å². The Balaban J connectivity index is 1.70. The topological polar surface area (TPSA) is 23.5 Å². The highest BCUT2D eigenvalue weighted by Crippen LogP contribution is 2.44. The van der Waals surface area contributed by atoms with Crippen LogP contribution in [0.5, 0.6) is 0 Å². The zero-order chi connectivity index (χ0) is 12.1. The standard InChI is InChI=1S/C15H29NO/c1-2-6-14(7-10-17)11-16-12-15(13-16)8-4-3-5-9-15/h14,17H,2-13H2,1H3. The van der Waals surface area contributed by atoms with E-state index in [9.17, 15) is 0 Å². The SMILES string of the molecule is CCCC(CCO)CN1CC2(CCCCC2)C1. The first kappa shape index (κ1) is 13.4. The Bertz CT molecular complexity index is 209. The van der Waals surface area contributed by atoms with Crippen LogP contribution < -0.4 is 0 Å². The summed E-state index contributed by atoms with van der Waals surface area (Å²) in [5, 5.41) is 9.09. The van der Waals surface area contributed by atoms with Gasteiger partial charge in [0.25, 0.3) is 0 Å². The van der Waals surface area contributed by atoms with Crippen molar-refractivity contribution in [2.75, 3.05) is 26.2 Å². The molecule has 1 aliphatic heterocycles. The van der Waals surface area contributed by atoms with Gasteiger partial charge in [0.05, 0.1) is 0 Å². The zero-order valence-corrected chi connectivity index (χ0v) is 11.5. The molecule has 1 aliphatic carbocycles. The molecule has 2 aliphatic rings. The molecule has 1 saturated carbocycles. The maximum absolute atomic E-state index is 9.09. The van der Waals surface area contributed by atoms with E-state index in [0.29, 0.717) is 12.0 Å². The van der Waals surface area contributed by atoms with Crippen molar-refractivity contribution in [2.45, 2.75) is 58.3 Å². The second kappa shape index (κ2) is 6.19. The zero-order valence-electron chi connectivity index (χ0n) is 11.5. The highest BCUT2D eigenvalue weighted by molar-refractivity contribution is 4.96. The molecule has 0 radical (unpaired) electrons. The number of aliphatic hydroxyl groups excluding tert-OH is 1. The molecule has 1 heterocycles. The number of likely N-dealkylation sites (tertiary alicyclic amines) is 1. The molecule has 100 valence electrons. The summed E-state index contributed by atoms with van der Waals surface area (Å²) in [6, 6.07) is 0. The first-order chi connectivity index (χ1) is 8.28. The van der Waals surface area contributed by atoms with Crippen LogP contribution in [0.4, 0.5) is 0 Å². The quantitative estimate of drug-likeness (QED) is 0.770. The van der Waals surface area contributed by atoms with Crippen molar-refractivity contribution in [2.24, 2.45) is 11.3 Å². The summed E-state index contributed by atoms with van der Waals surface area (Å²) >= 11 is 0. The number of rotatable bonds is 6. The molecule has 0 amide bonds. The Morgan fingerprint density at radius 3 is 2.41 bits per heavy atom. The first-order valence-corrected chi connectivity index (χ1v) is 7.61. The maximum Gasteiger partial charge on any atom is 0.0434 e. The fraction of sp³-hybridized carbons (Fsp3) is 1.00. The third kappa shape index (κ3) is 3.45. The minimum Gasteiger partial charge on any atom is -0.396 e. The predicted molar refractivity (Wildman–Crippen MR) is 72.1 cm³/mol. The first-order valence-electron chi connectivity index (χ1n) is 7.61. The maximum atomic E-state index is 9.09. The van der Waals surface area contributed by atoms with Crippen LogP contribution in [0.25, 0.3) is 0 Å². The summed E-state index contributed by atoms with van der Waals surface area (Å²) in [6.07, 6.45) is 10.9. The van der Waals surface area contributed by atoms with Crippen molar-refractivity contribution in [3.05, 3.63) is 0 Å². The summed E-state index contributed by atoms with van der Waals surface area (Å²) in [5.41, 5.74) is 0.716. The van der Waals surface area contributed by atoms with Crippen LogP contribution in [0.1, 0.15) is 58.3 Å². The highest BCUT2D eigenvalue weighted by Gasteiger charge is 2.43. The normalized spacial score (nSPS) is 25.8. The molecule has 1 N–H and O–H groups in total. The van der Waals surface area contributed by atoms with Crippen LogP contribution in [-0.4, -0.2) is 36.2 Å². The van der Waals surface area contributed by atoms with E-state index in [1.54, 1.807) is 0 Å². The van der Waals surface area contributed by atoms with Crippen LogP contribution in [-0.2, 0) is 0 Å². The minimum absolute atomic E-state index is 0.365. The van der Waals surface area contributed by atoms with E-state index >= 15 is 0 Å². The van der Waals surface area contributed by atoms with Crippen molar-refractivity contribution < 1.29 is 5.11 Å². The average Bonchev–Trinajstić information content (AvgIpc) is 2.29. The van der Waals surface area contributed by atoms with Gasteiger partial charge in [-0.25, -0.2) is 0 Å². The van der Waals surface area contributed by atoms with E-state index in [2.05, 4.69) is 11.8 Å². The molecule has 2 fully saturated rings. The molecule has 1 atom stereocenters. The molecule has 1 spiro atoms. The van der Waals surface area contributed by atoms with E-state index in [4.69, 9.17) is 5.11 Å². The van der Waals surface area contributed by atoms with E-state index < -0.39 is 0 Å². The third-order valence-corrected chi connectivity index (χ3v) is 4.78. The molecular formula is C15H29NO. The van der Waals surface area contributed by atoms with E-state index in [0.717, 1.165) is 12.3 Å². The van der Waals surface area contributed by atoms with Crippen molar-refractivity contribution >= 4 is 0 Å². The van der Waals surface area contributed by atoms with Gasteiger partial charge in [0.2, 0.25) is 0 Å². The lowest BCUT2D eigenvalue weighted by Crippen LogP contribution is -2.58. The second-order valence-electron chi connectivity index (χ2n) is 6.40. The Hall–Kier alpha value is -0.0800. The lowest BCUT2D eigenvalue weighted by atomic mass is 9.68. The lowest BCUT2D eigenvalue weighted by Gasteiger charge is -2.53. The predicted octanol–water partition coefficient (Wildman–Crippen LogP) is 3.05. The highest BCUT2D eigenvalue weighted by atomic mass is 16.3. The molecule has 2 nitrogen and oxygen atoms in total. The minimum atomic E-state index is 0.365.